The fourth-order valence-electron chi connectivity index (χ4n) is 1.95. The molecule has 0 aliphatic rings. The van der Waals surface area contributed by atoms with Crippen LogP contribution in [0.4, 0.5) is 0 Å². The lowest BCUT2D eigenvalue weighted by atomic mass is 10.0. The molecular weight excluding hydrogens is 317 g/mol. The summed E-state index contributed by atoms with van der Waals surface area (Å²) in [5.74, 6) is 0.743. The molecule has 5 heteroatoms. The van der Waals surface area contributed by atoms with Gasteiger partial charge in [-0.15, -0.1) is 0 Å². The summed E-state index contributed by atoms with van der Waals surface area (Å²) in [6.45, 7) is 1.96. The Morgan fingerprint density at radius 1 is 1.20 bits per heavy atom. The van der Waals surface area contributed by atoms with Crippen molar-refractivity contribution in [3.8, 4) is 6.07 Å². The molecule has 0 N–H and O–H groups in total. The number of benzene rings is 1. The third kappa shape index (κ3) is 4.59. The van der Waals surface area contributed by atoms with Gasteiger partial charge in [-0.3, -0.25) is 0 Å². The number of nitrogens with zero attached hydrogens (tertiary/aromatic N) is 1. The summed E-state index contributed by atoms with van der Waals surface area (Å²) in [7, 11) is 1.59. The van der Waals surface area contributed by atoms with Crippen LogP contribution in [0.3, 0.4) is 0 Å². The maximum absolute atomic E-state index is 9.14. The second kappa shape index (κ2) is 8.42. The molecule has 0 aliphatic heterocycles. The number of halogens is 3. The van der Waals surface area contributed by atoms with E-state index in [0.29, 0.717) is 33.5 Å². The van der Waals surface area contributed by atoms with Gasteiger partial charge >= 0.3 is 0 Å². The monoisotopic (exact) mass is 331 g/mol. The first-order valence-electron chi connectivity index (χ1n) is 6.33. The van der Waals surface area contributed by atoms with E-state index in [4.69, 9.17) is 44.8 Å². The van der Waals surface area contributed by atoms with Gasteiger partial charge in [0.25, 0.3) is 0 Å². The summed E-state index contributed by atoms with van der Waals surface area (Å²) in [6, 6.07) is 5.62. The molecule has 2 nitrogen and oxygen atoms in total. The maximum Gasteiger partial charge on any atom is 0.109 e. The largest absolute Gasteiger partial charge is 0.500 e. The van der Waals surface area contributed by atoms with E-state index < -0.39 is 0 Å². The minimum Gasteiger partial charge on any atom is -0.500 e. The molecule has 0 radical (unpaired) electrons. The minimum absolute atomic E-state index is 0.450. The molecule has 0 aliphatic carbocycles. The molecule has 0 atom stereocenters. The lowest BCUT2D eigenvalue weighted by Gasteiger charge is -2.08. The van der Waals surface area contributed by atoms with Crippen molar-refractivity contribution in [3.63, 3.8) is 0 Å². The number of allylic oxidation sites excluding steroid dienone is 2. The van der Waals surface area contributed by atoms with Crippen molar-refractivity contribution in [2.75, 3.05) is 7.11 Å². The first-order valence-corrected chi connectivity index (χ1v) is 7.46. The van der Waals surface area contributed by atoms with Crippen LogP contribution >= 0.6 is 34.8 Å². The SMILES string of the molecule is CCC(OC)=C(C#N)CCCc1cc(Cl)c(Cl)cc1Cl. The average molecular weight is 333 g/mol. The van der Waals surface area contributed by atoms with Crippen LogP contribution in [-0.4, -0.2) is 7.11 Å². The van der Waals surface area contributed by atoms with Crippen LogP contribution in [-0.2, 0) is 11.2 Å². The predicted octanol–water partition coefficient (Wildman–Crippen LogP) is 5.80. The molecule has 1 rings (SSSR count). The fraction of sp³-hybridized carbons (Fsp3) is 0.400. The van der Waals surface area contributed by atoms with Crippen molar-refractivity contribution in [1.29, 1.82) is 5.26 Å². The zero-order chi connectivity index (χ0) is 15.1. The molecule has 108 valence electrons. The Morgan fingerprint density at radius 3 is 2.40 bits per heavy atom. The highest BCUT2D eigenvalue weighted by Crippen LogP contribution is 2.30. The molecule has 20 heavy (non-hydrogen) atoms. The van der Waals surface area contributed by atoms with Gasteiger partial charge < -0.3 is 4.74 Å². The van der Waals surface area contributed by atoms with Crippen LogP contribution in [0.25, 0.3) is 0 Å². The maximum atomic E-state index is 9.14. The number of hydrogen-bond donors (Lipinski definition) is 0. The second-order valence-electron chi connectivity index (χ2n) is 4.28. The summed E-state index contributed by atoms with van der Waals surface area (Å²) in [4.78, 5) is 0. The highest BCUT2D eigenvalue weighted by atomic mass is 35.5. The number of rotatable bonds is 6. The molecule has 0 fully saturated rings. The summed E-state index contributed by atoms with van der Waals surface area (Å²) in [5.41, 5.74) is 1.63. The number of aryl methyl sites for hydroxylation is 1. The van der Waals surface area contributed by atoms with E-state index in [2.05, 4.69) is 6.07 Å². The fourth-order valence-corrected chi connectivity index (χ4v) is 2.61. The molecule has 0 heterocycles. The first kappa shape index (κ1) is 17.2. The van der Waals surface area contributed by atoms with Crippen molar-refractivity contribution in [2.45, 2.75) is 32.6 Å². The highest BCUT2D eigenvalue weighted by molar-refractivity contribution is 6.43. The van der Waals surface area contributed by atoms with E-state index >= 15 is 0 Å². The number of methoxy groups -OCH3 is 1. The first-order chi connectivity index (χ1) is 9.53. The molecular formula is C15H16Cl3NO. The van der Waals surface area contributed by atoms with Crippen LogP contribution in [0.1, 0.15) is 31.7 Å². The second-order valence-corrected chi connectivity index (χ2v) is 5.50. The van der Waals surface area contributed by atoms with Crippen molar-refractivity contribution >= 4 is 34.8 Å². The zero-order valence-corrected chi connectivity index (χ0v) is 13.7. The van der Waals surface area contributed by atoms with E-state index in [0.717, 1.165) is 24.2 Å². The normalized spacial score (nSPS) is 11.8. The molecule has 0 saturated carbocycles. The molecule has 1 aromatic carbocycles. The van der Waals surface area contributed by atoms with Crippen LogP contribution in [0.5, 0.6) is 0 Å². The van der Waals surface area contributed by atoms with Crippen molar-refractivity contribution < 1.29 is 4.74 Å². The van der Waals surface area contributed by atoms with Gasteiger partial charge in [0.05, 0.1) is 28.8 Å². The van der Waals surface area contributed by atoms with Crippen LogP contribution in [0.2, 0.25) is 15.1 Å². The van der Waals surface area contributed by atoms with Crippen LogP contribution < -0.4 is 0 Å². The third-order valence-corrected chi connectivity index (χ3v) is 4.08. The molecule has 0 aromatic heterocycles. The smallest absolute Gasteiger partial charge is 0.109 e. The summed E-state index contributed by atoms with van der Waals surface area (Å²) >= 11 is 18.0. The summed E-state index contributed by atoms with van der Waals surface area (Å²) < 4.78 is 5.21. The lowest BCUT2D eigenvalue weighted by Crippen LogP contribution is -1.95. The van der Waals surface area contributed by atoms with Crippen LogP contribution in [0.15, 0.2) is 23.5 Å². The van der Waals surface area contributed by atoms with Gasteiger partial charge in [-0.05, 0) is 37.0 Å². The van der Waals surface area contributed by atoms with Crippen LogP contribution in [0, 0.1) is 11.3 Å². The van der Waals surface area contributed by atoms with Gasteiger partial charge in [0.1, 0.15) is 5.76 Å². The molecule has 0 saturated heterocycles. The molecule has 1 aromatic rings. The lowest BCUT2D eigenvalue weighted by molar-refractivity contribution is 0.276. The minimum atomic E-state index is 0.450. The van der Waals surface area contributed by atoms with Crippen molar-refractivity contribution in [3.05, 3.63) is 44.1 Å². The topological polar surface area (TPSA) is 33.0 Å². The van der Waals surface area contributed by atoms with Gasteiger partial charge in [0, 0.05) is 11.4 Å². The molecule has 0 spiro atoms. The van der Waals surface area contributed by atoms with Crippen molar-refractivity contribution in [2.24, 2.45) is 0 Å². The van der Waals surface area contributed by atoms with Gasteiger partial charge in [0.15, 0.2) is 0 Å². The van der Waals surface area contributed by atoms with Gasteiger partial charge in [0.2, 0.25) is 0 Å². The predicted molar refractivity (Wildman–Crippen MR) is 84.3 cm³/mol. The Hall–Kier alpha value is -0.880. The number of nitriles is 1. The zero-order valence-electron chi connectivity index (χ0n) is 11.5. The Bertz CT molecular complexity index is 541. The Kier molecular flexibility index (Phi) is 7.23. The van der Waals surface area contributed by atoms with E-state index in [-0.39, 0.29) is 0 Å². The molecule has 0 bridgehead atoms. The number of hydrogen-bond acceptors (Lipinski definition) is 2. The van der Waals surface area contributed by atoms with Crippen molar-refractivity contribution in [1.82, 2.24) is 0 Å². The number of ether oxygens (including phenoxy) is 1. The van der Waals surface area contributed by atoms with E-state index in [1.807, 2.05) is 6.92 Å². The van der Waals surface area contributed by atoms with E-state index in [9.17, 15) is 0 Å². The standard InChI is InChI=1S/C15H16Cl3NO/c1-3-15(20-2)11(9-19)6-4-5-10-7-13(17)14(18)8-12(10)16/h7-8H,3-6H2,1-2H3. The molecule has 0 amide bonds. The van der Waals surface area contributed by atoms with E-state index in [1.165, 1.54) is 0 Å². The van der Waals surface area contributed by atoms with Gasteiger partial charge in [-0.1, -0.05) is 41.7 Å². The highest BCUT2D eigenvalue weighted by Gasteiger charge is 2.08. The summed E-state index contributed by atoms with van der Waals surface area (Å²) in [6.07, 6.45) is 2.91. The van der Waals surface area contributed by atoms with Gasteiger partial charge in [-0.2, -0.15) is 5.26 Å². The Morgan fingerprint density at radius 2 is 1.85 bits per heavy atom. The van der Waals surface area contributed by atoms with Gasteiger partial charge in [-0.25, -0.2) is 0 Å². The summed E-state index contributed by atoms with van der Waals surface area (Å²) in [5, 5.41) is 10.7. The third-order valence-electron chi connectivity index (χ3n) is 3.00. The molecule has 0 unspecified atom stereocenters. The Labute approximate surface area is 134 Å². The quantitative estimate of drug-likeness (QED) is 0.374. The van der Waals surface area contributed by atoms with E-state index in [1.54, 1.807) is 19.2 Å². The average Bonchev–Trinajstić information content (AvgIpc) is 2.43. The Balaban J connectivity index is 2.72.